The van der Waals surface area contributed by atoms with E-state index in [1.54, 1.807) is 11.3 Å². The molecule has 0 aliphatic carbocycles. The Kier molecular flexibility index (Phi) is 5.60. The fourth-order valence-electron chi connectivity index (χ4n) is 1.28. The number of carboxylic acids is 2. The summed E-state index contributed by atoms with van der Waals surface area (Å²) in [6, 6.07) is 2.84. The first-order valence-electron chi connectivity index (χ1n) is 4.91. The molecule has 7 heteroatoms. The van der Waals surface area contributed by atoms with Gasteiger partial charge >= 0.3 is 11.9 Å². The van der Waals surface area contributed by atoms with E-state index in [2.05, 4.69) is 21.2 Å². The molecule has 1 heterocycles. The first kappa shape index (κ1) is 14.1. The second-order valence-electron chi connectivity index (χ2n) is 3.40. The summed E-state index contributed by atoms with van der Waals surface area (Å²) in [4.78, 5) is 22.3. The highest BCUT2D eigenvalue weighted by Gasteiger charge is 2.19. The Hall–Kier alpha value is -0.920. The number of halogens is 1. The molecule has 17 heavy (non-hydrogen) atoms. The molecule has 1 aromatic heterocycles. The largest absolute Gasteiger partial charge is 0.481 e. The molecule has 1 rings (SSSR count). The summed E-state index contributed by atoms with van der Waals surface area (Å²) in [5.74, 6) is -2.26. The Morgan fingerprint density at radius 3 is 2.59 bits per heavy atom. The van der Waals surface area contributed by atoms with E-state index in [9.17, 15) is 9.59 Å². The third-order valence-electron chi connectivity index (χ3n) is 2.07. The highest BCUT2D eigenvalue weighted by Crippen LogP contribution is 2.22. The lowest BCUT2D eigenvalue weighted by Crippen LogP contribution is -2.39. The van der Waals surface area contributed by atoms with Crippen molar-refractivity contribution >= 4 is 39.2 Å². The van der Waals surface area contributed by atoms with Gasteiger partial charge in [-0.05, 0) is 34.5 Å². The van der Waals surface area contributed by atoms with Crippen molar-refractivity contribution < 1.29 is 19.8 Å². The minimum absolute atomic E-state index is 0.413. The van der Waals surface area contributed by atoms with Gasteiger partial charge in [0.1, 0.15) is 6.04 Å². The van der Waals surface area contributed by atoms with E-state index in [0.717, 1.165) is 8.66 Å². The van der Waals surface area contributed by atoms with E-state index < -0.39 is 24.4 Å². The smallest absolute Gasteiger partial charge is 0.321 e. The van der Waals surface area contributed by atoms with Gasteiger partial charge < -0.3 is 15.5 Å². The zero-order chi connectivity index (χ0) is 12.8. The van der Waals surface area contributed by atoms with Crippen molar-refractivity contribution in [2.75, 3.05) is 6.54 Å². The summed E-state index contributed by atoms with van der Waals surface area (Å²) in [7, 11) is 0. The lowest BCUT2D eigenvalue weighted by atomic mass is 10.2. The number of thiophene rings is 1. The number of hydrogen-bond donors (Lipinski definition) is 3. The molecular formula is C10H12BrNO4S. The van der Waals surface area contributed by atoms with Crippen LogP contribution >= 0.6 is 27.3 Å². The second-order valence-corrected chi connectivity index (χ2v) is 5.95. The summed E-state index contributed by atoms with van der Waals surface area (Å²) in [6.07, 6.45) is 0.267. The summed E-state index contributed by atoms with van der Waals surface area (Å²) in [6.45, 7) is 0.442. The van der Waals surface area contributed by atoms with E-state index in [-0.39, 0.29) is 0 Å². The van der Waals surface area contributed by atoms with E-state index in [1.807, 2.05) is 12.1 Å². The molecule has 0 spiro atoms. The Labute approximate surface area is 111 Å². The normalized spacial score (nSPS) is 12.3. The van der Waals surface area contributed by atoms with Gasteiger partial charge in [0.15, 0.2) is 0 Å². The SMILES string of the molecule is O=C(O)CC(NCCc1ccc(Br)s1)C(=O)O. The van der Waals surface area contributed by atoms with Gasteiger partial charge in [0, 0.05) is 11.4 Å². The number of carboxylic acid groups (broad SMARTS) is 2. The van der Waals surface area contributed by atoms with Gasteiger partial charge in [-0.2, -0.15) is 0 Å². The van der Waals surface area contributed by atoms with E-state index >= 15 is 0 Å². The summed E-state index contributed by atoms with van der Waals surface area (Å²) in [5, 5.41) is 20.1. The van der Waals surface area contributed by atoms with Gasteiger partial charge in [-0.25, -0.2) is 0 Å². The predicted octanol–water partition coefficient (Wildman–Crippen LogP) is 1.57. The number of carbonyl (C=O) groups is 2. The van der Waals surface area contributed by atoms with Crippen LogP contribution in [0.5, 0.6) is 0 Å². The van der Waals surface area contributed by atoms with Gasteiger partial charge in [0.25, 0.3) is 0 Å². The minimum Gasteiger partial charge on any atom is -0.481 e. The Bertz CT molecular complexity index is 407. The molecule has 1 atom stereocenters. The van der Waals surface area contributed by atoms with Gasteiger partial charge in [0.2, 0.25) is 0 Å². The number of hydrogen-bond acceptors (Lipinski definition) is 4. The summed E-state index contributed by atoms with van der Waals surface area (Å²) >= 11 is 4.91. The molecule has 3 N–H and O–H groups in total. The second kappa shape index (κ2) is 6.73. The predicted molar refractivity (Wildman–Crippen MR) is 67.4 cm³/mol. The Morgan fingerprint density at radius 2 is 2.12 bits per heavy atom. The number of aliphatic carboxylic acids is 2. The maximum atomic E-state index is 10.8. The van der Waals surface area contributed by atoms with Crippen LogP contribution in [0.25, 0.3) is 0 Å². The maximum Gasteiger partial charge on any atom is 0.321 e. The molecule has 0 aliphatic rings. The fraction of sp³-hybridized carbons (Fsp3) is 0.400. The molecule has 94 valence electrons. The zero-order valence-corrected chi connectivity index (χ0v) is 11.3. The average molecular weight is 322 g/mol. The van der Waals surface area contributed by atoms with Crippen LogP contribution in [0.3, 0.4) is 0 Å². The standard InChI is InChI=1S/C10H12BrNO4S/c11-8-2-1-6(17-8)3-4-12-7(10(15)16)5-9(13)14/h1-2,7,12H,3-5H2,(H,13,14)(H,15,16). The van der Waals surface area contributed by atoms with Crippen molar-refractivity contribution in [1.82, 2.24) is 5.32 Å². The lowest BCUT2D eigenvalue weighted by Gasteiger charge is -2.11. The monoisotopic (exact) mass is 321 g/mol. The van der Waals surface area contributed by atoms with Crippen LogP contribution in [-0.4, -0.2) is 34.7 Å². The third kappa shape index (κ3) is 5.29. The molecule has 0 saturated heterocycles. The molecule has 0 aliphatic heterocycles. The maximum absolute atomic E-state index is 10.8. The van der Waals surface area contributed by atoms with Crippen molar-refractivity contribution in [2.45, 2.75) is 18.9 Å². The molecule has 0 saturated carbocycles. The third-order valence-corrected chi connectivity index (χ3v) is 3.75. The van der Waals surface area contributed by atoms with Crippen LogP contribution in [0.2, 0.25) is 0 Å². The molecule has 0 fully saturated rings. The van der Waals surface area contributed by atoms with Crippen LogP contribution < -0.4 is 5.32 Å². The van der Waals surface area contributed by atoms with Gasteiger partial charge in [-0.15, -0.1) is 11.3 Å². The molecular weight excluding hydrogens is 310 g/mol. The first-order chi connectivity index (χ1) is 7.99. The van der Waals surface area contributed by atoms with Gasteiger partial charge in [-0.3, -0.25) is 9.59 Å². The quantitative estimate of drug-likeness (QED) is 0.709. The fourth-order valence-corrected chi connectivity index (χ4v) is 2.76. The van der Waals surface area contributed by atoms with Crippen molar-refractivity contribution in [3.8, 4) is 0 Å². The Balaban J connectivity index is 2.37. The molecule has 1 unspecified atom stereocenters. The zero-order valence-electron chi connectivity index (χ0n) is 8.85. The van der Waals surface area contributed by atoms with Crippen LogP contribution in [0.4, 0.5) is 0 Å². The van der Waals surface area contributed by atoms with E-state index in [4.69, 9.17) is 10.2 Å². The molecule has 0 amide bonds. The topological polar surface area (TPSA) is 86.6 Å². The van der Waals surface area contributed by atoms with Crippen LogP contribution in [0.1, 0.15) is 11.3 Å². The molecule has 0 aromatic carbocycles. The van der Waals surface area contributed by atoms with Crippen LogP contribution in [0, 0.1) is 0 Å². The van der Waals surface area contributed by atoms with Crippen molar-refractivity contribution in [1.29, 1.82) is 0 Å². The molecule has 1 aromatic rings. The van der Waals surface area contributed by atoms with Crippen molar-refractivity contribution in [3.05, 3.63) is 20.8 Å². The first-order valence-corrected chi connectivity index (χ1v) is 6.52. The summed E-state index contributed by atoms with van der Waals surface area (Å²) in [5.41, 5.74) is 0. The lowest BCUT2D eigenvalue weighted by molar-refractivity contribution is -0.145. The highest BCUT2D eigenvalue weighted by atomic mass is 79.9. The highest BCUT2D eigenvalue weighted by molar-refractivity contribution is 9.11. The van der Waals surface area contributed by atoms with Crippen molar-refractivity contribution in [2.24, 2.45) is 0 Å². The summed E-state index contributed by atoms with van der Waals surface area (Å²) < 4.78 is 1.02. The van der Waals surface area contributed by atoms with Gasteiger partial charge in [0.05, 0.1) is 10.2 Å². The van der Waals surface area contributed by atoms with Crippen molar-refractivity contribution in [3.63, 3.8) is 0 Å². The average Bonchev–Trinajstić information content (AvgIpc) is 2.62. The molecule has 5 nitrogen and oxygen atoms in total. The van der Waals surface area contributed by atoms with E-state index in [1.165, 1.54) is 0 Å². The van der Waals surface area contributed by atoms with Gasteiger partial charge in [-0.1, -0.05) is 0 Å². The Morgan fingerprint density at radius 1 is 1.41 bits per heavy atom. The van der Waals surface area contributed by atoms with E-state index in [0.29, 0.717) is 13.0 Å². The number of nitrogens with one attached hydrogen (secondary N) is 1. The van der Waals surface area contributed by atoms with Crippen LogP contribution in [-0.2, 0) is 16.0 Å². The van der Waals surface area contributed by atoms with Crippen LogP contribution in [0.15, 0.2) is 15.9 Å². The number of rotatable bonds is 7. The molecule has 0 radical (unpaired) electrons. The minimum atomic E-state index is -1.14. The molecule has 0 bridgehead atoms.